The standard InChI is InChI=1S/C23H24Cl2F2N2O4S/c1-34(31,32)28-23(30)17-8-16(13-4-5-13)22(10-20(17)26)33-15-3-2-6-29(12-15)11-14-7-21(27)19(25)9-18(14)24/h7-10,13,15H,2-6,11-12H2,1H3,(H,28,30)/t15-/m1/s1. The molecule has 184 valence electrons. The number of piperidine rings is 1. The van der Waals surface area contributed by atoms with Crippen molar-refractivity contribution < 1.29 is 26.7 Å². The summed E-state index contributed by atoms with van der Waals surface area (Å²) in [6.07, 6.45) is 3.94. The number of benzene rings is 2. The number of nitrogens with one attached hydrogen (secondary N) is 1. The lowest BCUT2D eigenvalue weighted by atomic mass is 10.0. The molecule has 11 heteroatoms. The van der Waals surface area contributed by atoms with Gasteiger partial charge in [0.15, 0.2) is 0 Å². The number of amides is 1. The lowest BCUT2D eigenvalue weighted by molar-refractivity contribution is 0.0832. The summed E-state index contributed by atoms with van der Waals surface area (Å²) in [4.78, 5) is 14.3. The molecule has 1 aliphatic heterocycles. The van der Waals surface area contributed by atoms with Gasteiger partial charge in [-0.05, 0) is 67.5 Å². The van der Waals surface area contributed by atoms with Crippen LogP contribution in [0.1, 0.15) is 53.1 Å². The van der Waals surface area contributed by atoms with Crippen LogP contribution in [0.2, 0.25) is 10.0 Å². The Kier molecular flexibility index (Phi) is 7.38. The molecule has 1 amide bonds. The Morgan fingerprint density at radius 3 is 2.53 bits per heavy atom. The summed E-state index contributed by atoms with van der Waals surface area (Å²) in [5.74, 6) is -1.90. The second-order valence-electron chi connectivity index (χ2n) is 8.82. The van der Waals surface area contributed by atoms with Gasteiger partial charge in [0.25, 0.3) is 5.91 Å². The molecule has 0 aromatic heterocycles. The maximum atomic E-state index is 14.8. The zero-order valence-corrected chi connectivity index (χ0v) is 20.7. The van der Waals surface area contributed by atoms with Crippen molar-refractivity contribution in [2.45, 2.75) is 44.2 Å². The van der Waals surface area contributed by atoms with E-state index in [-0.39, 0.29) is 22.6 Å². The second kappa shape index (κ2) is 9.97. The molecule has 0 unspecified atom stereocenters. The summed E-state index contributed by atoms with van der Waals surface area (Å²) in [6, 6.07) is 5.27. The van der Waals surface area contributed by atoms with E-state index in [2.05, 4.69) is 4.90 Å². The van der Waals surface area contributed by atoms with Crippen LogP contribution in [-0.2, 0) is 16.6 Å². The highest BCUT2D eigenvalue weighted by atomic mass is 35.5. The van der Waals surface area contributed by atoms with Crippen molar-refractivity contribution in [3.8, 4) is 5.75 Å². The first-order chi connectivity index (χ1) is 16.0. The number of likely N-dealkylation sites (tertiary alicyclic amines) is 1. The highest BCUT2D eigenvalue weighted by Crippen LogP contribution is 2.45. The third-order valence-corrected chi connectivity index (χ3v) is 7.08. The Bertz CT molecular complexity index is 1220. The van der Waals surface area contributed by atoms with Crippen molar-refractivity contribution in [2.24, 2.45) is 0 Å². The summed E-state index contributed by atoms with van der Waals surface area (Å²) in [5.41, 5.74) is 0.986. The Balaban J connectivity index is 1.50. The summed E-state index contributed by atoms with van der Waals surface area (Å²) in [5, 5.41) is 0.354. The van der Waals surface area contributed by atoms with Gasteiger partial charge < -0.3 is 4.74 Å². The van der Waals surface area contributed by atoms with Crippen LogP contribution < -0.4 is 9.46 Å². The average molecular weight is 533 g/mol. The molecule has 1 aliphatic carbocycles. The van der Waals surface area contributed by atoms with Gasteiger partial charge in [-0.15, -0.1) is 0 Å². The summed E-state index contributed by atoms with van der Waals surface area (Å²) >= 11 is 12.0. The number of carbonyl (C=O) groups is 1. The maximum absolute atomic E-state index is 14.8. The van der Waals surface area contributed by atoms with Crippen LogP contribution in [0, 0.1) is 11.6 Å². The monoisotopic (exact) mass is 532 g/mol. The van der Waals surface area contributed by atoms with Crippen LogP contribution in [0.25, 0.3) is 0 Å². The molecule has 2 aromatic carbocycles. The molecule has 2 aliphatic rings. The van der Waals surface area contributed by atoms with E-state index < -0.39 is 27.6 Å². The molecule has 2 aromatic rings. The molecule has 0 radical (unpaired) electrons. The smallest absolute Gasteiger partial charge is 0.267 e. The summed E-state index contributed by atoms with van der Waals surface area (Å²) < 4.78 is 59.4. The normalized spacial score (nSPS) is 19.1. The molecular formula is C23H24Cl2F2N2O4S. The van der Waals surface area contributed by atoms with Crippen molar-refractivity contribution in [1.29, 1.82) is 0 Å². The van der Waals surface area contributed by atoms with Gasteiger partial charge in [0.05, 0.1) is 16.8 Å². The van der Waals surface area contributed by atoms with Crippen molar-refractivity contribution in [2.75, 3.05) is 19.3 Å². The SMILES string of the molecule is CS(=O)(=O)NC(=O)c1cc(C2CC2)c(O[C@@H]2CCCN(Cc3cc(F)c(Cl)cc3Cl)C2)cc1F. The van der Waals surface area contributed by atoms with Crippen molar-refractivity contribution in [3.63, 3.8) is 0 Å². The fraction of sp³-hybridized carbons (Fsp3) is 0.435. The molecule has 0 spiro atoms. The summed E-state index contributed by atoms with van der Waals surface area (Å²) in [6.45, 7) is 1.72. The van der Waals surface area contributed by atoms with E-state index in [4.69, 9.17) is 27.9 Å². The van der Waals surface area contributed by atoms with Gasteiger partial charge >= 0.3 is 0 Å². The van der Waals surface area contributed by atoms with E-state index in [1.165, 1.54) is 18.2 Å². The van der Waals surface area contributed by atoms with Gasteiger partial charge in [0, 0.05) is 24.2 Å². The predicted octanol–water partition coefficient (Wildman–Crippen LogP) is 4.88. The van der Waals surface area contributed by atoms with E-state index in [1.54, 1.807) is 4.72 Å². The van der Waals surface area contributed by atoms with Crippen molar-refractivity contribution >= 4 is 39.1 Å². The molecule has 1 saturated carbocycles. The van der Waals surface area contributed by atoms with Gasteiger partial charge in [-0.1, -0.05) is 23.2 Å². The van der Waals surface area contributed by atoms with Gasteiger partial charge in [-0.3, -0.25) is 9.69 Å². The Hall–Kier alpha value is -1.94. The van der Waals surface area contributed by atoms with Gasteiger partial charge in [0.2, 0.25) is 10.0 Å². The van der Waals surface area contributed by atoms with E-state index in [0.717, 1.165) is 44.6 Å². The molecule has 0 bridgehead atoms. The first kappa shape index (κ1) is 25.2. The van der Waals surface area contributed by atoms with Crippen molar-refractivity contribution in [3.05, 3.63) is 62.6 Å². The van der Waals surface area contributed by atoms with Crippen molar-refractivity contribution in [1.82, 2.24) is 9.62 Å². The molecule has 1 heterocycles. The molecule has 1 atom stereocenters. The number of carbonyl (C=O) groups excluding carboxylic acids is 1. The minimum atomic E-state index is -3.82. The number of hydrogen-bond donors (Lipinski definition) is 1. The van der Waals surface area contributed by atoms with Crippen LogP contribution in [0.5, 0.6) is 5.75 Å². The van der Waals surface area contributed by atoms with Gasteiger partial charge in [-0.2, -0.15) is 0 Å². The van der Waals surface area contributed by atoms with Crippen LogP contribution >= 0.6 is 23.2 Å². The third-order valence-electron chi connectivity index (χ3n) is 5.88. The summed E-state index contributed by atoms with van der Waals surface area (Å²) in [7, 11) is -3.82. The number of halogens is 4. The maximum Gasteiger partial charge on any atom is 0.267 e. The fourth-order valence-corrected chi connectivity index (χ4v) is 5.03. The van der Waals surface area contributed by atoms with E-state index in [0.29, 0.717) is 35.0 Å². The number of rotatable bonds is 7. The minimum Gasteiger partial charge on any atom is -0.489 e. The molecule has 4 rings (SSSR count). The average Bonchev–Trinajstić information content (AvgIpc) is 3.56. The quantitative estimate of drug-likeness (QED) is 0.514. The first-order valence-corrected chi connectivity index (χ1v) is 13.5. The zero-order chi connectivity index (χ0) is 24.6. The Labute approximate surface area is 207 Å². The molecule has 1 N–H and O–H groups in total. The molecular weight excluding hydrogens is 509 g/mol. The molecule has 2 fully saturated rings. The molecule has 6 nitrogen and oxygen atoms in total. The van der Waals surface area contributed by atoms with E-state index >= 15 is 0 Å². The minimum absolute atomic E-state index is 0.0306. The topological polar surface area (TPSA) is 75.7 Å². The van der Waals surface area contributed by atoms with E-state index in [1.807, 2.05) is 0 Å². The van der Waals surface area contributed by atoms with Crippen LogP contribution in [-0.4, -0.2) is 44.7 Å². The highest BCUT2D eigenvalue weighted by molar-refractivity contribution is 7.89. The number of ether oxygens (including phenoxy) is 1. The first-order valence-electron chi connectivity index (χ1n) is 10.9. The van der Waals surface area contributed by atoms with Crippen LogP contribution in [0.4, 0.5) is 8.78 Å². The van der Waals surface area contributed by atoms with Gasteiger partial charge in [-0.25, -0.2) is 21.9 Å². The third kappa shape index (κ3) is 6.19. The molecule has 34 heavy (non-hydrogen) atoms. The zero-order valence-electron chi connectivity index (χ0n) is 18.4. The Morgan fingerprint density at radius 2 is 1.85 bits per heavy atom. The van der Waals surface area contributed by atoms with E-state index in [9.17, 15) is 22.0 Å². The number of hydrogen-bond acceptors (Lipinski definition) is 5. The largest absolute Gasteiger partial charge is 0.489 e. The highest BCUT2D eigenvalue weighted by Gasteiger charge is 2.31. The predicted molar refractivity (Wildman–Crippen MR) is 126 cm³/mol. The number of sulfonamides is 1. The van der Waals surface area contributed by atoms with Gasteiger partial charge in [0.1, 0.15) is 23.5 Å². The Morgan fingerprint density at radius 1 is 1.12 bits per heavy atom. The molecule has 1 saturated heterocycles. The van der Waals surface area contributed by atoms with Crippen LogP contribution in [0.15, 0.2) is 24.3 Å². The lowest BCUT2D eigenvalue weighted by Gasteiger charge is -2.33. The second-order valence-corrected chi connectivity index (χ2v) is 11.4. The number of nitrogens with zero attached hydrogens (tertiary/aromatic N) is 1. The van der Waals surface area contributed by atoms with Crippen LogP contribution in [0.3, 0.4) is 0 Å². The lowest BCUT2D eigenvalue weighted by Crippen LogP contribution is -2.40. The fourth-order valence-electron chi connectivity index (χ4n) is 4.14.